The van der Waals surface area contributed by atoms with Crippen molar-refractivity contribution in [2.45, 2.75) is 12.8 Å². The van der Waals surface area contributed by atoms with Crippen LogP contribution < -0.4 is 20.1 Å². The van der Waals surface area contributed by atoms with Gasteiger partial charge >= 0.3 is 6.09 Å². The highest BCUT2D eigenvalue weighted by molar-refractivity contribution is 5.91. The van der Waals surface area contributed by atoms with Gasteiger partial charge in [-0.2, -0.15) is 4.98 Å². The Labute approximate surface area is 175 Å². The maximum Gasteiger partial charge on any atom is 0.409 e. The van der Waals surface area contributed by atoms with Crippen LogP contribution >= 0.6 is 12.4 Å². The minimum Gasteiger partial charge on any atom is -0.493 e. The Balaban J connectivity index is 0.00000240. The number of nitrogen functional groups attached to an aromatic ring is 1. The zero-order chi connectivity index (χ0) is 19.7. The molecule has 0 radical (unpaired) electrons. The summed E-state index contributed by atoms with van der Waals surface area (Å²) in [7, 11) is 3.15. The van der Waals surface area contributed by atoms with Crippen LogP contribution in [0.25, 0.3) is 10.9 Å². The fraction of sp³-hybridized carbons (Fsp3) is 0.526. The predicted molar refractivity (Wildman–Crippen MR) is 112 cm³/mol. The largest absolute Gasteiger partial charge is 0.493 e. The van der Waals surface area contributed by atoms with Gasteiger partial charge in [0.1, 0.15) is 5.82 Å². The molecule has 0 atom stereocenters. The smallest absolute Gasteiger partial charge is 0.409 e. The first-order chi connectivity index (χ1) is 13.6. The average molecular weight is 424 g/mol. The van der Waals surface area contributed by atoms with Crippen LogP contribution in [0.2, 0.25) is 0 Å². The fourth-order valence-corrected chi connectivity index (χ4v) is 3.26. The fourth-order valence-electron chi connectivity index (χ4n) is 3.26. The molecule has 2 aliphatic rings. The molecule has 9 nitrogen and oxygen atoms in total. The lowest BCUT2D eigenvalue weighted by Gasteiger charge is -2.34. The van der Waals surface area contributed by atoms with Gasteiger partial charge in [0.2, 0.25) is 5.95 Å². The molecule has 29 heavy (non-hydrogen) atoms. The topological polar surface area (TPSA) is 103 Å². The van der Waals surface area contributed by atoms with E-state index in [1.165, 1.54) is 12.8 Å². The zero-order valence-electron chi connectivity index (χ0n) is 16.6. The Hall–Kier alpha value is -2.68. The molecule has 1 saturated heterocycles. The third-order valence-corrected chi connectivity index (χ3v) is 5.18. The number of carbonyl (C=O) groups is 1. The molecule has 158 valence electrons. The molecule has 4 rings (SSSR count). The Bertz CT molecular complexity index is 885. The third-order valence-electron chi connectivity index (χ3n) is 5.18. The number of anilines is 2. The van der Waals surface area contributed by atoms with Crippen molar-refractivity contribution in [1.82, 2.24) is 14.9 Å². The Kier molecular flexibility index (Phi) is 6.36. The zero-order valence-corrected chi connectivity index (χ0v) is 17.4. The molecule has 2 fully saturated rings. The first-order valence-corrected chi connectivity index (χ1v) is 9.45. The maximum absolute atomic E-state index is 12.1. The number of fused-ring (bicyclic) bond motifs is 1. The first kappa shape index (κ1) is 21.0. The van der Waals surface area contributed by atoms with Crippen molar-refractivity contribution in [3.8, 4) is 11.5 Å². The van der Waals surface area contributed by atoms with Crippen molar-refractivity contribution < 1.29 is 19.0 Å². The summed E-state index contributed by atoms with van der Waals surface area (Å²) in [6, 6.07) is 3.57. The van der Waals surface area contributed by atoms with Gasteiger partial charge in [0.05, 0.1) is 26.3 Å². The van der Waals surface area contributed by atoms with Gasteiger partial charge in [0.15, 0.2) is 11.5 Å². The van der Waals surface area contributed by atoms with Gasteiger partial charge in [-0.1, -0.05) is 0 Å². The molecule has 0 unspecified atom stereocenters. The number of methoxy groups -OCH3 is 2. The number of amides is 1. The van der Waals surface area contributed by atoms with E-state index in [0.717, 1.165) is 0 Å². The van der Waals surface area contributed by atoms with Gasteiger partial charge in [-0.3, -0.25) is 0 Å². The second kappa shape index (κ2) is 8.77. The summed E-state index contributed by atoms with van der Waals surface area (Å²) in [5, 5.41) is 0.712. The molecule has 2 N–H and O–H groups in total. The second-order valence-corrected chi connectivity index (χ2v) is 7.13. The van der Waals surface area contributed by atoms with Gasteiger partial charge in [-0.25, -0.2) is 9.78 Å². The lowest BCUT2D eigenvalue weighted by atomic mass is 10.2. The summed E-state index contributed by atoms with van der Waals surface area (Å²) in [6.07, 6.45) is 2.10. The highest BCUT2D eigenvalue weighted by Crippen LogP contribution is 2.34. The SMILES string of the molecule is COc1cc2nc(N3CCN(C(=O)OCC4CC4)CC3)nc(N)c2cc1OC.Cl. The van der Waals surface area contributed by atoms with Gasteiger partial charge in [-0.15, -0.1) is 12.4 Å². The van der Waals surface area contributed by atoms with Crippen molar-refractivity contribution >= 4 is 41.2 Å². The highest BCUT2D eigenvalue weighted by Gasteiger charge is 2.27. The third kappa shape index (κ3) is 4.50. The number of halogens is 1. The average Bonchev–Trinajstić information content (AvgIpc) is 3.55. The monoisotopic (exact) mass is 423 g/mol. The van der Waals surface area contributed by atoms with Crippen molar-refractivity contribution in [2.75, 3.05) is 57.6 Å². The minimum absolute atomic E-state index is 0. The number of nitrogens with two attached hydrogens (primary N) is 1. The van der Waals surface area contributed by atoms with Gasteiger partial charge in [0.25, 0.3) is 0 Å². The van der Waals surface area contributed by atoms with E-state index in [2.05, 4.69) is 9.97 Å². The van der Waals surface area contributed by atoms with E-state index in [1.807, 2.05) is 4.90 Å². The number of hydrogen-bond acceptors (Lipinski definition) is 8. The van der Waals surface area contributed by atoms with Crippen LogP contribution in [0.15, 0.2) is 12.1 Å². The molecule has 0 bridgehead atoms. The summed E-state index contributed by atoms with van der Waals surface area (Å²) < 4.78 is 16.0. The summed E-state index contributed by atoms with van der Waals surface area (Å²) in [6.45, 7) is 2.91. The van der Waals surface area contributed by atoms with Gasteiger partial charge < -0.3 is 29.7 Å². The Morgan fingerprint density at radius 2 is 1.76 bits per heavy atom. The van der Waals surface area contributed by atoms with Gasteiger partial charge in [0, 0.05) is 37.6 Å². The number of carbonyl (C=O) groups excluding carboxylic acids is 1. The number of nitrogens with zero attached hydrogens (tertiary/aromatic N) is 4. The molecule has 1 aromatic heterocycles. The van der Waals surface area contributed by atoms with Crippen molar-refractivity contribution in [1.29, 1.82) is 0 Å². The van der Waals surface area contributed by atoms with Crippen LogP contribution in [0.5, 0.6) is 11.5 Å². The van der Waals surface area contributed by atoms with Crippen LogP contribution in [0.3, 0.4) is 0 Å². The van der Waals surface area contributed by atoms with Crippen LogP contribution in [-0.2, 0) is 4.74 Å². The molecule has 10 heteroatoms. The van der Waals surface area contributed by atoms with E-state index in [4.69, 9.17) is 19.9 Å². The number of hydrogen-bond donors (Lipinski definition) is 1. The molecule has 1 saturated carbocycles. The van der Waals surface area contributed by atoms with Crippen molar-refractivity contribution in [3.63, 3.8) is 0 Å². The molecular weight excluding hydrogens is 398 g/mol. The lowest BCUT2D eigenvalue weighted by Crippen LogP contribution is -2.49. The number of piperazine rings is 1. The van der Waals surface area contributed by atoms with E-state index < -0.39 is 0 Å². The number of aromatic nitrogens is 2. The van der Waals surface area contributed by atoms with Crippen LogP contribution in [-0.4, -0.2) is 68.0 Å². The lowest BCUT2D eigenvalue weighted by molar-refractivity contribution is 0.0960. The van der Waals surface area contributed by atoms with Crippen LogP contribution in [0.4, 0.5) is 16.6 Å². The molecule has 2 heterocycles. The molecular formula is C19H26ClN5O4. The van der Waals surface area contributed by atoms with E-state index in [9.17, 15) is 4.79 Å². The molecule has 1 aromatic carbocycles. The Morgan fingerprint density at radius 3 is 2.38 bits per heavy atom. The number of benzene rings is 1. The minimum atomic E-state index is -0.234. The normalized spacial score (nSPS) is 16.3. The molecule has 0 spiro atoms. The van der Waals surface area contributed by atoms with Crippen LogP contribution in [0, 0.1) is 5.92 Å². The molecule has 1 aliphatic heterocycles. The van der Waals surface area contributed by atoms with Crippen LogP contribution in [0.1, 0.15) is 12.8 Å². The Morgan fingerprint density at radius 1 is 1.10 bits per heavy atom. The quantitative estimate of drug-likeness (QED) is 0.781. The van der Waals surface area contributed by atoms with E-state index in [1.54, 1.807) is 31.3 Å². The maximum atomic E-state index is 12.1. The molecule has 1 aliphatic carbocycles. The van der Waals surface area contributed by atoms with E-state index in [0.29, 0.717) is 72.9 Å². The van der Waals surface area contributed by atoms with E-state index in [-0.39, 0.29) is 18.5 Å². The standard InChI is InChI=1S/C19H25N5O4.ClH/c1-26-15-9-13-14(10-16(15)27-2)21-18(22-17(13)20)23-5-7-24(8-6-23)19(25)28-11-12-3-4-12;/h9-10,12H,3-8,11H2,1-2H3,(H2,20,21,22);1H. The number of rotatable bonds is 5. The summed E-state index contributed by atoms with van der Waals surface area (Å²) in [5.74, 6) is 2.66. The van der Waals surface area contributed by atoms with Gasteiger partial charge in [-0.05, 0) is 24.8 Å². The second-order valence-electron chi connectivity index (χ2n) is 7.13. The molecule has 2 aromatic rings. The van der Waals surface area contributed by atoms with Crippen molar-refractivity contribution in [2.24, 2.45) is 5.92 Å². The predicted octanol–water partition coefficient (Wildman–Crippen LogP) is 2.32. The number of ether oxygens (including phenoxy) is 3. The summed E-state index contributed by atoms with van der Waals surface area (Å²) in [4.78, 5) is 25.0. The molecule has 1 amide bonds. The highest BCUT2D eigenvalue weighted by atomic mass is 35.5. The summed E-state index contributed by atoms with van der Waals surface area (Å²) in [5.41, 5.74) is 6.86. The van der Waals surface area contributed by atoms with Crippen molar-refractivity contribution in [3.05, 3.63) is 12.1 Å². The first-order valence-electron chi connectivity index (χ1n) is 9.45. The van der Waals surface area contributed by atoms with E-state index >= 15 is 0 Å². The summed E-state index contributed by atoms with van der Waals surface area (Å²) >= 11 is 0.